The Morgan fingerprint density at radius 2 is 0.719 bits per heavy atom. The maximum absolute atomic E-state index is 12.5. The highest BCUT2D eigenvalue weighted by molar-refractivity contribution is 5.80. The topological polar surface area (TPSA) is 89.8 Å². The molecule has 0 aromatic carbocycles. The maximum Gasteiger partial charge on any atom is 0.249 e. The minimum atomic E-state index is -1.12. The monoisotopic (exact) mass is 800 g/mol. The van der Waals surface area contributed by atoms with Crippen LogP contribution in [-0.4, -0.2) is 46.1 Å². The molecule has 0 aromatic heterocycles. The van der Waals surface area contributed by atoms with Crippen molar-refractivity contribution in [3.63, 3.8) is 0 Å². The van der Waals surface area contributed by atoms with Crippen molar-refractivity contribution in [3.8, 4) is 0 Å². The summed E-state index contributed by atoms with van der Waals surface area (Å²) in [5, 5.41) is 33.2. The molecule has 0 bridgehead atoms. The molecule has 0 aliphatic carbocycles. The van der Waals surface area contributed by atoms with Crippen LogP contribution < -0.4 is 5.32 Å². The van der Waals surface area contributed by atoms with E-state index in [9.17, 15) is 20.1 Å². The predicted octanol–water partition coefficient (Wildman–Crippen LogP) is 14.9. The van der Waals surface area contributed by atoms with E-state index in [-0.39, 0.29) is 6.61 Å². The lowest BCUT2D eigenvalue weighted by atomic mass is 10.0. The Morgan fingerprint density at radius 3 is 1.07 bits per heavy atom. The molecule has 0 fully saturated rings. The van der Waals surface area contributed by atoms with Crippen LogP contribution in [-0.2, 0) is 4.79 Å². The van der Waals surface area contributed by atoms with E-state index in [0.717, 1.165) is 51.4 Å². The second-order valence-corrected chi connectivity index (χ2v) is 17.0. The number of carbonyl (C=O) groups excluding carboxylic acids is 1. The van der Waals surface area contributed by atoms with Crippen molar-refractivity contribution < 1.29 is 20.1 Å². The molecular formula is C52H97NO4. The predicted molar refractivity (Wildman–Crippen MR) is 250 cm³/mol. The van der Waals surface area contributed by atoms with Gasteiger partial charge in [-0.15, -0.1) is 0 Å². The summed E-state index contributed by atoms with van der Waals surface area (Å²) >= 11 is 0. The first kappa shape index (κ1) is 55.3. The number of amides is 1. The van der Waals surface area contributed by atoms with Gasteiger partial charge in [0.1, 0.15) is 6.10 Å². The van der Waals surface area contributed by atoms with Crippen LogP contribution in [0.3, 0.4) is 0 Å². The van der Waals surface area contributed by atoms with Crippen LogP contribution >= 0.6 is 0 Å². The zero-order valence-corrected chi connectivity index (χ0v) is 38.0. The number of nitrogens with one attached hydrogen (secondary N) is 1. The smallest absolute Gasteiger partial charge is 0.249 e. The summed E-state index contributed by atoms with van der Waals surface area (Å²) < 4.78 is 0. The van der Waals surface area contributed by atoms with E-state index in [2.05, 4.69) is 55.6 Å². The molecule has 5 heteroatoms. The van der Waals surface area contributed by atoms with Crippen molar-refractivity contribution in [2.75, 3.05) is 6.61 Å². The Bertz CT molecular complexity index is 927. The van der Waals surface area contributed by atoms with Gasteiger partial charge in [0.25, 0.3) is 0 Å². The van der Waals surface area contributed by atoms with Gasteiger partial charge in [-0.25, -0.2) is 0 Å². The van der Waals surface area contributed by atoms with Crippen LogP contribution in [0, 0.1) is 0 Å². The third-order valence-corrected chi connectivity index (χ3v) is 11.4. The molecule has 0 heterocycles. The Labute approximate surface area is 355 Å². The number of aliphatic hydroxyl groups excluding tert-OH is 3. The molecule has 3 unspecified atom stereocenters. The van der Waals surface area contributed by atoms with Gasteiger partial charge in [0.15, 0.2) is 0 Å². The number of aliphatic hydroxyl groups is 3. The second kappa shape index (κ2) is 47.0. The summed E-state index contributed by atoms with van der Waals surface area (Å²) in [6.07, 6.45) is 61.6. The first-order valence-electron chi connectivity index (χ1n) is 25.0. The summed E-state index contributed by atoms with van der Waals surface area (Å²) in [4.78, 5) is 12.5. The first-order chi connectivity index (χ1) is 28.1. The number of rotatable bonds is 45. The second-order valence-electron chi connectivity index (χ2n) is 17.0. The normalized spacial score (nSPS) is 13.8. The molecule has 0 aliphatic rings. The molecule has 5 nitrogen and oxygen atoms in total. The fourth-order valence-corrected chi connectivity index (χ4v) is 7.45. The molecule has 0 saturated heterocycles. The fraction of sp³-hybridized carbons (Fsp3) is 0.827. The largest absolute Gasteiger partial charge is 0.394 e. The zero-order chi connectivity index (χ0) is 41.5. The van der Waals surface area contributed by atoms with E-state index in [1.807, 2.05) is 6.08 Å². The molecule has 57 heavy (non-hydrogen) atoms. The van der Waals surface area contributed by atoms with Crippen LogP contribution in [0.1, 0.15) is 251 Å². The molecule has 1 amide bonds. The quantitative estimate of drug-likeness (QED) is 0.0365. The van der Waals surface area contributed by atoms with Gasteiger partial charge in [-0.1, -0.05) is 229 Å². The van der Waals surface area contributed by atoms with Crippen molar-refractivity contribution >= 4 is 5.91 Å². The Hall–Kier alpha value is -1.69. The third kappa shape index (κ3) is 42.2. The van der Waals surface area contributed by atoms with Crippen molar-refractivity contribution in [1.29, 1.82) is 0 Å². The molecule has 4 N–H and O–H groups in total. The lowest BCUT2D eigenvalue weighted by Crippen LogP contribution is -2.48. The van der Waals surface area contributed by atoms with E-state index in [0.29, 0.717) is 6.42 Å². The van der Waals surface area contributed by atoms with Gasteiger partial charge >= 0.3 is 0 Å². The summed E-state index contributed by atoms with van der Waals surface area (Å²) in [6, 6.07) is -0.825. The Morgan fingerprint density at radius 1 is 0.421 bits per heavy atom. The van der Waals surface area contributed by atoms with Crippen LogP contribution in [0.25, 0.3) is 0 Å². The maximum atomic E-state index is 12.5. The van der Waals surface area contributed by atoms with Gasteiger partial charge < -0.3 is 20.6 Å². The van der Waals surface area contributed by atoms with E-state index in [1.54, 1.807) is 6.08 Å². The summed E-state index contributed by atoms with van der Waals surface area (Å²) in [7, 11) is 0. The van der Waals surface area contributed by atoms with Gasteiger partial charge in [0.2, 0.25) is 5.91 Å². The number of unbranched alkanes of at least 4 members (excludes halogenated alkanes) is 31. The number of allylic oxidation sites excluding steroid dienone is 7. The molecule has 0 aliphatic heterocycles. The standard InChI is InChI=1S/C52H97NO4/c1-3-5-7-9-11-13-15-17-19-21-23-24-25-26-27-28-29-31-32-34-36-38-40-42-44-46-50(55)49(48-54)53-52(57)51(56)47-45-43-41-39-37-35-33-30-22-20-18-16-14-12-10-8-6-4-2/h22,29-31,36,38,44,46,49-51,54-56H,3-21,23-28,32-35,37,39-43,45,47-48H2,1-2H3,(H,53,57)/b30-22-,31-29+,38-36+,46-44+. The molecular weight excluding hydrogens is 703 g/mol. The van der Waals surface area contributed by atoms with E-state index >= 15 is 0 Å². The SMILES string of the molecule is CCCCCCCCCC/C=C\CCCCCCCCC(O)C(=O)NC(CO)C(O)/C=C/CC/C=C/CC/C=C/CCCCCCCCCCCCCCCCC. The highest BCUT2D eigenvalue weighted by Gasteiger charge is 2.22. The van der Waals surface area contributed by atoms with Gasteiger partial charge in [-0.2, -0.15) is 0 Å². The average Bonchev–Trinajstić information content (AvgIpc) is 3.22. The molecule has 0 saturated carbocycles. The minimum absolute atomic E-state index is 0.384. The highest BCUT2D eigenvalue weighted by Crippen LogP contribution is 2.15. The van der Waals surface area contributed by atoms with Crippen molar-refractivity contribution in [1.82, 2.24) is 5.32 Å². The number of carbonyl (C=O) groups is 1. The van der Waals surface area contributed by atoms with Gasteiger partial charge in [0, 0.05) is 0 Å². The van der Waals surface area contributed by atoms with Crippen LogP contribution in [0.5, 0.6) is 0 Å². The van der Waals surface area contributed by atoms with E-state index < -0.39 is 24.2 Å². The molecule has 0 rings (SSSR count). The van der Waals surface area contributed by atoms with Gasteiger partial charge in [0.05, 0.1) is 18.8 Å². The summed E-state index contributed by atoms with van der Waals surface area (Å²) in [6.45, 7) is 4.18. The molecule has 0 radical (unpaired) electrons. The molecule has 0 spiro atoms. The lowest BCUT2D eigenvalue weighted by Gasteiger charge is -2.21. The van der Waals surface area contributed by atoms with E-state index in [4.69, 9.17) is 0 Å². The van der Waals surface area contributed by atoms with Crippen LogP contribution in [0.15, 0.2) is 48.6 Å². The summed E-state index contributed by atoms with van der Waals surface area (Å²) in [5.41, 5.74) is 0. The average molecular weight is 800 g/mol. The Kier molecular flexibility index (Phi) is 45.6. The Balaban J connectivity index is 3.71. The first-order valence-corrected chi connectivity index (χ1v) is 25.0. The van der Waals surface area contributed by atoms with Gasteiger partial charge in [-0.3, -0.25) is 4.79 Å². The van der Waals surface area contributed by atoms with Gasteiger partial charge in [-0.05, 0) is 70.6 Å². The molecule has 0 aromatic rings. The molecule has 334 valence electrons. The number of hydrogen-bond donors (Lipinski definition) is 4. The fourth-order valence-electron chi connectivity index (χ4n) is 7.45. The minimum Gasteiger partial charge on any atom is -0.394 e. The van der Waals surface area contributed by atoms with Crippen LogP contribution in [0.4, 0.5) is 0 Å². The zero-order valence-electron chi connectivity index (χ0n) is 38.0. The highest BCUT2D eigenvalue weighted by atomic mass is 16.3. The summed E-state index contributed by atoms with van der Waals surface area (Å²) in [5.74, 6) is -0.521. The third-order valence-electron chi connectivity index (χ3n) is 11.4. The number of hydrogen-bond acceptors (Lipinski definition) is 4. The lowest BCUT2D eigenvalue weighted by molar-refractivity contribution is -0.131. The van der Waals surface area contributed by atoms with Crippen LogP contribution in [0.2, 0.25) is 0 Å². The van der Waals surface area contributed by atoms with Crippen molar-refractivity contribution in [2.24, 2.45) is 0 Å². The van der Waals surface area contributed by atoms with Crippen molar-refractivity contribution in [2.45, 2.75) is 270 Å². The van der Waals surface area contributed by atoms with Crippen molar-refractivity contribution in [3.05, 3.63) is 48.6 Å². The van der Waals surface area contributed by atoms with E-state index in [1.165, 1.54) is 180 Å². The molecule has 3 atom stereocenters.